The summed E-state index contributed by atoms with van der Waals surface area (Å²) in [4.78, 5) is 33.6. The molecule has 0 radical (unpaired) electrons. The molecule has 1 fully saturated rings. The van der Waals surface area contributed by atoms with Gasteiger partial charge >= 0.3 is 0 Å². The summed E-state index contributed by atoms with van der Waals surface area (Å²) in [7, 11) is 0. The first-order chi connectivity index (χ1) is 12.5. The van der Waals surface area contributed by atoms with Crippen molar-refractivity contribution in [3.63, 3.8) is 0 Å². The van der Waals surface area contributed by atoms with Gasteiger partial charge in [-0.05, 0) is 38.3 Å². The third kappa shape index (κ3) is 4.33. The van der Waals surface area contributed by atoms with E-state index >= 15 is 0 Å². The molecular formula is C18H21N5O3. The van der Waals surface area contributed by atoms with Crippen LogP contribution in [0.4, 0.5) is 11.5 Å². The van der Waals surface area contributed by atoms with Crippen LogP contribution in [0.1, 0.15) is 41.1 Å². The van der Waals surface area contributed by atoms with Crippen LogP contribution in [0.3, 0.4) is 0 Å². The second-order valence-corrected chi connectivity index (χ2v) is 6.32. The average Bonchev–Trinajstić information content (AvgIpc) is 2.66. The van der Waals surface area contributed by atoms with Crippen LogP contribution in [0.2, 0.25) is 0 Å². The fraction of sp³-hybridized carbons (Fsp3) is 0.389. The Morgan fingerprint density at radius 2 is 1.88 bits per heavy atom. The number of nitro benzene ring substituents is 1. The van der Waals surface area contributed by atoms with E-state index in [4.69, 9.17) is 0 Å². The smallest absolute Gasteiger partial charge is 0.269 e. The number of non-ortho nitro benzene ring substituents is 1. The number of nitrogens with zero attached hydrogens (tertiary/aromatic N) is 4. The fourth-order valence-electron chi connectivity index (χ4n) is 2.97. The number of carbonyl (C=O) groups is 1. The van der Waals surface area contributed by atoms with Crippen molar-refractivity contribution in [1.29, 1.82) is 0 Å². The zero-order valence-corrected chi connectivity index (χ0v) is 14.6. The van der Waals surface area contributed by atoms with E-state index in [0.717, 1.165) is 37.4 Å². The Morgan fingerprint density at radius 3 is 2.54 bits per heavy atom. The normalized spacial score (nSPS) is 14.1. The van der Waals surface area contributed by atoms with E-state index in [9.17, 15) is 14.9 Å². The van der Waals surface area contributed by atoms with Gasteiger partial charge in [-0.3, -0.25) is 14.9 Å². The second kappa shape index (κ2) is 7.90. The predicted molar refractivity (Wildman–Crippen MR) is 97.1 cm³/mol. The van der Waals surface area contributed by atoms with Crippen molar-refractivity contribution in [1.82, 2.24) is 15.3 Å². The minimum absolute atomic E-state index is 0.0465. The lowest BCUT2D eigenvalue weighted by molar-refractivity contribution is -0.384. The largest absolute Gasteiger partial charge is 0.357 e. The molecule has 8 nitrogen and oxygen atoms in total. The molecule has 2 aromatic rings. The van der Waals surface area contributed by atoms with Gasteiger partial charge in [0.05, 0.1) is 11.5 Å². The molecule has 136 valence electrons. The molecule has 0 spiro atoms. The number of nitro groups is 1. The number of piperidine rings is 1. The lowest BCUT2D eigenvalue weighted by Gasteiger charge is -2.28. The average molecular weight is 355 g/mol. The maximum absolute atomic E-state index is 12.2. The molecule has 1 aromatic carbocycles. The van der Waals surface area contributed by atoms with Gasteiger partial charge in [-0.1, -0.05) is 0 Å². The third-order valence-electron chi connectivity index (χ3n) is 4.31. The molecule has 1 aliphatic heterocycles. The van der Waals surface area contributed by atoms with Crippen LogP contribution in [0.5, 0.6) is 0 Å². The standard InChI is InChI=1S/C18H21N5O3/c1-13-11-17(22-9-3-2-4-10-22)21-16(20-13)12-19-18(24)14-5-7-15(8-6-14)23(25)26/h5-8,11H,2-4,9-10,12H2,1H3,(H,19,24). The summed E-state index contributed by atoms with van der Waals surface area (Å²) in [5.41, 5.74) is 1.18. The molecule has 2 heterocycles. The van der Waals surface area contributed by atoms with E-state index in [1.165, 1.54) is 30.7 Å². The van der Waals surface area contributed by atoms with E-state index in [1.54, 1.807) is 0 Å². The van der Waals surface area contributed by atoms with Crippen molar-refractivity contribution < 1.29 is 9.72 Å². The van der Waals surface area contributed by atoms with E-state index in [2.05, 4.69) is 20.2 Å². The Kier molecular flexibility index (Phi) is 5.40. The molecule has 1 amide bonds. The molecular weight excluding hydrogens is 334 g/mol. The van der Waals surface area contributed by atoms with Crippen molar-refractivity contribution in [3.8, 4) is 0 Å². The highest BCUT2D eigenvalue weighted by Gasteiger charge is 2.15. The van der Waals surface area contributed by atoms with Crippen molar-refractivity contribution in [2.75, 3.05) is 18.0 Å². The van der Waals surface area contributed by atoms with Crippen LogP contribution in [0.15, 0.2) is 30.3 Å². The van der Waals surface area contributed by atoms with E-state index in [-0.39, 0.29) is 18.1 Å². The lowest BCUT2D eigenvalue weighted by atomic mass is 10.1. The Hall–Kier alpha value is -3.03. The number of aryl methyl sites for hydroxylation is 1. The van der Waals surface area contributed by atoms with Gasteiger partial charge in [-0.15, -0.1) is 0 Å². The molecule has 1 saturated heterocycles. The summed E-state index contributed by atoms with van der Waals surface area (Å²) in [5, 5.41) is 13.4. The van der Waals surface area contributed by atoms with Crippen LogP contribution < -0.4 is 10.2 Å². The molecule has 1 N–H and O–H groups in total. The van der Waals surface area contributed by atoms with Gasteiger partial charge in [0.1, 0.15) is 11.6 Å². The number of hydrogen-bond acceptors (Lipinski definition) is 6. The fourth-order valence-corrected chi connectivity index (χ4v) is 2.97. The summed E-state index contributed by atoms with van der Waals surface area (Å²) in [6.45, 7) is 4.10. The highest BCUT2D eigenvalue weighted by atomic mass is 16.6. The SMILES string of the molecule is Cc1cc(N2CCCCC2)nc(CNC(=O)c2ccc([N+](=O)[O-])cc2)n1. The van der Waals surface area contributed by atoms with Crippen LogP contribution in [-0.4, -0.2) is 33.9 Å². The van der Waals surface area contributed by atoms with Gasteiger partial charge in [0.25, 0.3) is 11.6 Å². The number of hydrogen-bond donors (Lipinski definition) is 1. The molecule has 0 aliphatic carbocycles. The Morgan fingerprint density at radius 1 is 1.19 bits per heavy atom. The first-order valence-electron chi connectivity index (χ1n) is 8.65. The molecule has 0 unspecified atom stereocenters. The number of amides is 1. The Labute approximate surface area is 151 Å². The molecule has 8 heteroatoms. The van der Waals surface area contributed by atoms with Crippen LogP contribution in [0, 0.1) is 17.0 Å². The van der Waals surface area contributed by atoms with Gasteiger partial charge in [0, 0.05) is 42.5 Å². The number of benzene rings is 1. The number of carbonyl (C=O) groups excluding carboxylic acids is 1. The molecule has 26 heavy (non-hydrogen) atoms. The highest BCUT2D eigenvalue weighted by molar-refractivity contribution is 5.94. The van der Waals surface area contributed by atoms with Gasteiger partial charge in [0.2, 0.25) is 0 Å². The summed E-state index contributed by atoms with van der Waals surface area (Å²) in [6, 6.07) is 7.46. The monoisotopic (exact) mass is 355 g/mol. The summed E-state index contributed by atoms with van der Waals surface area (Å²) in [6.07, 6.45) is 3.57. The van der Waals surface area contributed by atoms with Crippen molar-refractivity contribution in [2.24, 2.45) is 0 Å². The minimum Gasteiger partial charge on any atom is -0.357 e. The summed E-state index contributed by atoms with van der Waals surface area (Å²) >= 11 is 0. The molecule has 0 atom stereocenters. The van der Waals surface area contributed by atoms with Crippen molar-refractivity contribution in [2.45, 2.75) is 32.7 Å². The Bertz CT molecular complexity index is 801. The van der Waals surface area contributed by atoms with Crippen molar-refractivity contribution in [3.05, 3.63) is 57.5 Å². The number of aromatic nitrogens is 2. The second-order valence-electron chi connectivity index (χ2n) is 6.32. The van der Waals surface area contributed by atoms with Gasteiger partial charge in [-0.2, -0.15) is 0 Å². The number of nitrogens with one attached hydrogen (secondary N) is 1. The van der Waals surface area contributed by atoms with Crippen LogP contribution in [0.25, 0.3) is 0 Å². The minimum atomic E-state index is -0.496. The van der Waals surface area contributed by atoms with Gasteiger partial charge in [0.15, 0.2) is 0 Å². The summed E-state index contributed by atoms with van der Waals surface area (Å²) < 4.78 is 0. The third-order valence-corrected chi connectivity index (χ3v) is 4.31. The first-order valence-corrected chi connectivity index (χ1v) is 8.65. The van der Waals surface area contributed by atoms with E-state index in [0.29, 0.717) is 11.4 Å². The lowest BCUT2D eigenvalue weighted by Crippen LogP contribution is -2.31. The predicted octanol–water partition coefficient (Wildman–Crippen LogP) is 2.61. The van der Waals surface area contributed by atoms with E-state index in [1.807, 2.05) is 13.0 Å². The topological polar surface area (TPSA) is 101 Å². The maximum atomic E-state index is 12.2. The van der Waals surface area contributed by atoms with Crippen LogP contribution in [-0.2, 0) is 6.54 Å². The van der Waals surface area contributed by atoms with Gasteiger partial charge < -0.3 is 10.2 Å². The number of anilines is 1. The zero-order chi connectivity index (χ0) is 18.5. The summed E-state index contributed by atoms with van der Waals surface area (Å²) in [5.74, 6) is 1.14. The molecule has 1 aromatic heterocycles. The maximum Gasteiger partial charge on any atom is 0.269 e. The molecule has 0 bridgehead atoms. The molecule has 1 aliphatic rings. The van der Waals surface area contributed by atoms with Gasteiger partial charge in [-0.25, -0.2) is 9.97 Å². The molecule has 0 saturated carbocycles. The number of rotatable bonds is 5. The van der Waals surface area contributed by atoms with E-state index < -0.39 is 4.92 Å². The van der Waals surface area contributed by atoms with Crippen LogP contribution >= 0.6 is 0 Å². The zero-order valence-electron chi connectivity index (χ0n) is 14.6. The van der Waals surface area contributed by atoms with Crippen molar-refractivity contribution >= 4 is 17.4 Å². The first kappa shape index (κ1) is 17.8. The highest BCUT2D eigenvalue weighted by Crippen LogP contribution is 2.18. The Balaban J connectivity index is 1.65. The molecule has 3 rings (SSSR count). The quantitative estimate of drug-likeness (QED) is 0.653.